The first kappa shape index (κ1) is 17.9. The topological polar surface area (TPSA) is 24.5 Å². The van der Waals surface area contributed by atoms with Gasteiger partial charge in [0.25, 0.3) is 0 Å². The van der Waals surface area contributed by atoms with Crippen LogP contribution in [0.25, 0.3) is 0 Å². The molecule has 0 saturated carbocycles. The molecule has 0 aromatic heterocycles. The van der Waals surface area contributed by atoms with E-state index in [-0.39, 0.29) is 0 Å². The molecule has 0 aliphatic rings. The third-order valence-electron chi connectivity index (χ3n) is 3.35. The minimum Gasteiger partial charge on any atom is -0.375 e. The molecule has 0 aliphatic heterocycles. The van der Waals surface area contributed by atoms with Crippen LogP contribution in [0.2, 0.25) is 0 Å². The molecule has 0 fully saturated rings. The van der Waals surface area contributed by atoms with Crippen molar-refractivity contribution < 1.29 is 4.74 Å². The molecule has 0 saturated heterocycles. The van der Waals surface area contributed by atoms with E-state index >= 15 is 0 Å². The number of hydrogen-bond donors (Lipinski definition) is 1. The van der Waals surface area contributed by atoms with Gasteiger partial charge in [0.1, 0.15) is 0 Å². The Kier molecular flexibility index (Phi) is 9.70. The molecule has 1 unspecified atom stereocenters. The average Bonchev–Trinajstić information content (AvgIpc) is 2.26. The van der Waals surface area contributed by atoms with Crippen molar-refractivity contribution in [2.75, 3.05) is 26.2 Å². The van der Waals surface area contributed by atoms with E-state index in [0.29, 0.717) is 24.1 Å². The zero-order chi connectivity index (χ0) is 14.1. The third kappa shape index (κ3) is 7.34. The van der Waals surface area contributed by atoms with E-state index in [4.69, 9.17) is 4.74 Å². The summed E-state index contributed by atoms with van der Waals surface area (Å²) in [6.45, 7) is 19.4. The van der Waals surface area contributed by atoms with E-state index in [2.05, 4.69) is 58.7 Å². The van der Waals surface area contributed by atoms with Crippen LogP contribution in [-0.2, 0) is 4.74 Å². The Balaban J connectivity index is 4.03. The molecule has 0 bridgehead atoms. The van der Waals surface area contributed by atoms with E-state index in [1.807, 2.05) is 0 Å². The summed E-state index contributed by atoms with van der Waals surface area (Å²) in [6.07, 6.45) is 0.325. The molecular weight excluding hydrogens is 224 g/mol. The van der Waals surface area contributed by atoms with Gasteiger partial charge in [0.15, 0.2) is 0 Å². The average molecular weight is 258 g/mol. The van der Waals surface area contributed by atoms with Gasteiger partial charge in [0.05, 0.1) is 12.7 Å². The zero-order valence-corrected chi connectivity index (χ0v) is 13.5. The van der Waals surface area contributed by atoms with Gasteiger partial charge in [0.2, 0.25) is 0 Å². The molecule has 18 heavy (non-hydrogen) atoms. The Morgan fingerprint density at radius 2 is 1.56 bits per heavy atom. The van der Waals surface area contributed by atoms with Gasteiger partial charge in [0, 0.05) is 25.2 Å². The highest BCUT2D eigenvalue weighted by Gasteiger charge is 2.16. The van der Waals surface area contributed by atoms with Crippen LogP contribution >= 0.6 is 0 Å². The molecule has 0 radical (unpaired) electrons. The van der Waals surface area contributed by atoms with Crippen molar-refractivity contribution in [1.82, 2.24) is 10.2 Å². The number of rotatable bonds is 10. The number of hydrogen-bond acceptors (Lipinski definition) is 3. The minimum atomic E-state index is 0.325. The Labute approximate surface area is 114 Å². The lowest BCUT2D eigenvalue weighted by Gasteiger charge is -2.31. The Morgan fingerprint density at radius 3 is 1.94 bits per heavy atom. The van der Waals surface area contributed by atoms with Gasteiger partial charge in [-0.1, -0.05) is 20.8 Å². The highest BCUT2D eigenvalue weighted by Crippen LogP contribution is 2.08. The molecular formula is C15H34N2O. The summed E-state index contributed by atoms with van der Waals surface area (Å²) in [5.74, 6) is 0.565. The summed E-state index contributed by atoms with van der Waals surface area (Å²) in [7, 11) is 0. The molecule has 0 spiro atoms. The molecule has 3 nitrogen and oxygen atoms in total. The van der Waals surface area contributed by atoms with Crippen molar-refractivity contribution in [3.63, 3.8) is 0 Å². The largest absolute Gasteiger partial charge is 0.375 e. The van der Waals surface area contributed by atoms with Crippen LogP contribution in [0.15, 0.2) is 0 Å². The van der Waals surface area contributed by atoms with E-state index in [0.717, 1.165) is 26.2 Å². The molecule has 3 heteroatoms. The van der Waals surface area contributed by atoms with Gasteiger partial charge in [-0.2, -0.15) is 0 Å². The minimum absolute atomic E-state index is 0.325. The zero-order valence-electron chi connectivity index (χ0n) is 13.5. The molecule has 0 aromatic rings. The van der Waals surface area contributed by atoms with Gasteiger partial charge in [-0.05, 0) is 40.2 Å². The van der Waals surface area contributed by atoms with Crippen LogP contribution in [0, 0.1) is 5.92 Å². The maximum absolute atomic E-state index is 6.03. The van der Waals surface area contributed by atoms with Gasteiger partial charge < -0.3 is 10.1 Å². The van der Waals surface area contributed by atoms with E-state index < -0.39 is 0 Å². The van der Waals surface area contributed by atoms with Crippen molar-refractivity contribution in [2.24, 2.45) is 5.92 Å². The number of likely N-dealkylation sites (N-methyl/N-ethyl adjacent to an activating group) is 1. The normalized spacial score (nSPS) is 14.2. The highest BCUT2D eigenvalue weighted by atomic mass is 16.5. The second kappa shape index (κ2) is 9.76. The number of nitrogens with one attached hydrogen (secondary N) is 1. The summed E-state index contributed by atoms with van der Waals surface area (Å²) in [6, 6.07) is 1.17. The van der Waals surface area contributed by atoms with Crippen molar-refractivity contribution in [1.29, 1.82) is 0 Å². The van der Waals surface area contributed by atoms with E-state index in [1.165, 1.54) is 0 Å². The van der Waals surface area contributed by atoms with Crippen LogP contribution in [0.4, 0.5) is 0 Å². The fourth-order valence-electron chi connectivity index (χ4n) is 2.20. The van der Waals surface area contributed by atoms with Crippen LogP contribution < -0.4 is 5.32 Å². The van der Waals surface area contributed by atoms with E-state index in [9.17, 15) is 0 Å². The van der Waals surface area contributed by atoms with Gasteiger partial charge >= 0.3 is 0 Å². The van der Waals surface area contributed by atoms with Gasteiger partial charge in [-0.15, -0.1) is 0 Å². The van der Waals surface area contributed by atoms with Crippen molar-refractivity contribution in [2.45, 2.75) is 66.7 Å². The summed E-state index contributed by atoms with van der Waals surface area (Å²) < 4.78 is 6.03. The summed E-state index contributed by atoms with van der Waals surface area (Å²) in [5.41, 5.74) is 0. The number of nitrogens with zero attached hydrogens (tertiary/aromatic N) is 1. The standard InChI is InChI=1S/C15H34N2O/c1-8-16-11-15(12(2)3)18-10-9-17(13(4)5)14(6)7/h12-16H,8-11H2,1-7H3. The van der Waals surface area contributed by atoms with Gasteiger partial charge in [-0.3, -0.25) is 4.90 Å². The van der Waals surface area contributed by atoms with E-state index in [1.54, 1.807) is 0 Å². The Bertz CT molecular complexity index is 185. The molecule has 0 aromatic carbocycles. The molecule has 110 valence electrons. The monoisotopic (exact) mass is 258 g/mol. The van der Waals surface area contributed by atoms with Crippen LogP contribution in [0.1, 0.15) is 48.5 Å². The first-order valence-electron chi connectivity index (χ1n) is 7.48. The summed E-state index contributed by atoms with van der Waals surface area (Å²) in [5, 5.41) is 3.37. The predicted octanol–water partition coefficient (Wildman–Crippen LogP) is 2.76. The van der Waals surface area contributed by atoms with Gasteiger partial charge in [-0.25, -0.2) is 0 Å². The van der Waals surface area contributed by atoms with Crippen molar-refractivity contribution in [3.05, 3.63) is 0 Å². The van der Waals surface area contributed by atoms with Crippen molar-refractivity contribution >= 4 is 0 Å². The third-order valence-corrected chi connectivity index (χ3v) is 3.35. The van der Waals surface area contributed by atoms with Crippen LogP contribution in [-0.4, -0.2) is 49.3 Å². The Hall–Kier alpha value is -0.120. The lowest BCUT2D eigenvalue weighted by atomic mass is 10.1. The fraction of sp³-hybridized carbons (Fsp3) is 1.00. The molecule has 0 aliphatic carbocycles. The summed E-state index contributed by atoms with van der Waals surface area (Å²) in [4.78, 5) is 2.48. The van der Waals surface area contributed by atoms with Crippen molar-refractivity contribution in [3.8, 4) is 0 Å². The second-order valence-electron chi connectivity index (χ2n) is 5.89. The van der Waals surface area contributed by atoms with Crippen LogP contribution in [0.5, 0.6) is 0 Å². The predicted molar refractivity (Wildman–Crippen MR) is 80.1 cm³/mol. The highest BCUT2D eigenvalue weighted by molar-refractivity contribution is 4.69. The second-order valence-corrected chi connectivity index (χ2v) is 5.89. The first-order chi connectivity index (χ1) is 8.40. The quantitative estimate of drug-likeness (QED) is 0.652. The molecule has 1 N–H and O–H groups in total. The fourth-order valence-corrected chi connectivity index (χ4v) is 2.20. The smallest absolute Gasteiger partial charge is 0.0722 e. The first-order valence-corrected chi connectivity index (χ1v) is 7.48. The lowest BCUT2D eigenvalue weighted by molar-refractivity contribution is 0.00285. The summed E-state index contributed by atoms with van der Waals surface area (Å²) >= 11 is 0. The number of ether oxygens (including phenoxy) is 1. The molecule has 1 atom stereocenters. The maximum Gasteiger partial charge on any atom is 0.0722 e. The molecule has 0 amide bonds. The maximum atomic E-state index is 6.03. The van der Waals surface area contributed by atoms with Crippen LogP contribution in [0.3, 0.4) is 0 Å². The molecule has 0 heterocycles. The SMILES string of the molecule is CCNCC(OCCN(C(C)C)C(C)C)C(C)C. The molecule has 0 rings (SSSR count). The lowest BCUT2D eigenvalue weighted by Crippen LogP contribution is -2.41. The Morgan fingerprint density at radius 1 is 1.00 bits per heavy atom.